The second kappa shape index (κ2) is 28.5. The van der Waals surface area contributed by atoms with Crippen LogP contribution in [0.5, 0.6) is 0 Å². The largest absolute Gasteiger partial charge is 0.480 e. The number of amides is 6. The van der Waals surface area contributed by atoms with E-state index in [1.54, 1.807) is 37.7 Å². The zero-order chi connectivity index (χ0) is 54.3. The van der Waals surface area contributed by atoms with Gasteiger partial charge in [-0.2, -0.15) is 0 Å². The Morgan fingerprint density at radius 2 is 1.55 bits per heavy atom. The number of nitrogens with zero attached hydrogens (tertiary/aromatic N) is 4. The maximum atomic E-state index is 14.8. The third-order valence-corrected chi connectivity index (χ3v) is 17.3. The topological polar surface area (TPSA) is 200 Å². The lowest BCUT2D eigenvalue weighted by Gasteiger charge is -2.41. The van der Waals surface area contributed by atoms with E-state index in [0.29, 0.717) is 45.2 Å². The number of ether oxygens (including phenoxy) is 2. The summed E-state index contributed by atoms with van der Waals surface area (Å²) in [7, 11) is 6.41. The number of hydrogen-bond donors (Lipinski definition) is 2. The van der Waals surface area contributed by atoms with Crippen LogP contribution in [0.4, 0.5) is 0 Å². The molecule has 2 N–H and O–H groups in total. The molecule has 2 aliphatic heterocycles. The van der Waals surface area contributed by atoms with Gasteiger partial charge in [0, 0.05) is 73.0 Å². The SMILES string of the molecule is CCCCSC1CC(=O)N(CCCCCC(=O)N(C)[C@H](C(=O)C[C@H](C(=O)N(C)[C@@H]([C@@H](C)CC)[C@@H](CC(=O)N2CC3(CC3)C[C@H]2[C@H](OC)[C@@H](C)C(=O)N[C@@H](Cc2ccccc2)C(=O)O)OC)C(C)C)C(C)C)C1=O. The number of carboxylic acids is 1. The average Bonchev–Trinajstić information content (AvgIpc) is 3.93. The first kappa shape index (κ1) is 61.2. The number of rotatable bonds is 32. The number of methoxy groups -OCH3 is 2. The van der Waals surface area contributed by atoms with Crippen LogP contribution in [0.2, 0.25) is 0 Å². The molecule has 16 nitrogen and oxygen atoms in total. The fourth-order valence-electron chi connectivity index (χ4n) is 11.1. The molecule has 1 aliphatic carbocycles. The zero-order valence-corrected chi connectivity index (χ0v) is 46.9. The molecule has 1 aromatic rings. The van der Waals surface area contributed by atoms with Gasteiger partial charge in [0.25, 0.3) is 0 Å². The Labute approximate surface area is 440 Å². The maximum absolute atomic E-state index is 14.8. The van der Waals surface area contributed by atoms with Gasteiger partial charge in [-0.25, -0.2) is 4.79 Å². The summed E-state index contributed by atoms with van der Waals surface area (Å²) in [5, 5.41) is 12.5. The Morgan fingerprint density at radius 3 is 2.11 bits per heavy atom. The molecule has 2 saturated heterocycles. The third-order valence-electron chi connectivity index (χ3n) is 16.0. The van der Waals surface area contributed by atoms with Crippen LogP contribution in [0.1, 0.15) is 144 Å². The lowest BCUT2D eigenvalue weighted by atomic mass is 9.83. The molecule has 0 radical (unpaired) electrons. The van der Waals surface area contributed by atoms with Crippen molar-refractivity contribution in [1.82, 2.24) is 24.9 Å². The first-order valence-electron chi connectivity index (χ1n) is 27.0. The molecule has 0 aromatic heterocycles. The number of unbranched alkanes of at least 4 members (excludes halogenated alkanes) is 3. The predicted octanol–water partition coefficient (Wildman–Crippen LogP) is 7.04. The van der Waals surface area contributed by atoms with Crippen molar-refractivity contribution in [3.8, 4) is 0 Å². The zero-order valence-electron chi connectivity index (χ0n) is 46.1. The number of benzene rings is 1. The van der Waals surface area contributed by atoms with Gasteiger partial charge in [-0.15, -0.1) is 11.8 Å². The van der Waals surface area contributed by atoms with Crippen molar-refractivity contribution >= 4 is 59.0 Å². The van der Waals surface area contributed by atoms with Crippen molar-refractivity contribution in [1.29, 1.82) is 0 Å². The molecule has 1 aromatic carbocycles. The number of likely N-dealkylation sites (tertiary alicyclic amines) is 2. The summed E-state index contributed by atoms with van der Waals surface area (Å²) in [6.07, 6.45) is 5.98. The minimum atomic E-state index is -1.16. The lowest BCUT2D eigenvalue weighted by Crippen LogP contribution is -2.55. The highest BCUT2D eigenvalue weighted by molar-refractivity contribution is 8.00. The molecule has 1 spiro atoms. The van der Waals surface area contributed by atoms with Crippen molar-refractivity contribution in [2.24, 2.45) is 35.0 Å². The molecular weight excluding hydrogens is 951 g/mol. The molecular formula is C56H89N5O11S. The van der Waals surface area contributed by atoms with Gasteiger partial charge in [0.15, 0.2) is 5.78 Å². The normalized spacial score (nSPS) is 20.6. The smallest absolute Gasteiger partial charge is 0.326 e. The summed E-state index contributed by atoms with van der Waals surface area (Å²) in [6, 6.07) is 6.18. The highest BCUT2D eigenvalue weighted by Crippen LogP contribution is 2.56. The Bertz CT molecular complexity index is 2030. The second-order valence-electron chi connectivity index (χ2n) is 22.0. The molecule has 10 atom stereocenters. The highest BCUT2D eigenvalue weighted by Gasteiger charge is 2.56. The van der Waals surface area contributed by atoms with E-state index >= 15 is 0 Å². The van der Waals surface area contributed by atoms with E-state index in [2.05, 4.69) is 12.2 Å². The molecule has 3 aliphatic rings. The highest BCUT2D eigenvalue weighted by atomic mass is 32.2. The van der Waals surface area contributed by atoms with Crippen molar-refractivity contribution in [2.45, 2.75) is 187 Å². The van der Waals surface area contributed by atoms with E-state index in [4.69, 9.17) is 9.47 Å². The summed E-state index contributed by atoms with van der Waals surface area (Å²) in [5.41, 5.74) is 0.684. The van der Waals surface area contributed by atoms with Crippen molar-refractivity contribution in [3.05, 3.63) is 35.9 Å². The van der Waals surface area contributed by atoms with Crippen LogP contribution in [0.25, 0.3) is 0 Å². The van der Waals surface area contributed by atoms with E-state index in [1.165, 1.54) is 24.0 Å². The number of Topliss-reactive ketones (excluding diaryl/α,β-unsaturated/α-hetero) is 1. The Kier molecular flexibility index (Phi) is 23.9. The van der Waals surface area contributed by atoms with E-state index in [-0.39, 0.29) is 95.8 Å². The quantitative estimate of drug-likeness (QED) is 0.0552. The van der Waals surface area contributed by atoms with Gasteiger partial charge in [0.2, 0.25) is 35.4 Å². The van der Waals surface area contributed by atoms with E-state index in [1.807, 2.05) is 76.8 Å². The van der Waals surface area contributed by atoms with Gasteiger partial charge >= 0.3 is 5.97 Å². The van der Waals surface area contributed by atoms with Crippen molar-refractivity contribution < 1.29 is 52.9 Å². The number of carbonyl (C=O) groups is 8. The Morgan fingerprint density at radius 1 is 0.877 bits per heavy atom. The van der Waals surface area contributed by atoms with Gasteiger partial charge in [-0.05, 0) is 73.0 Å². The Hall–Kier alpha value is -4.35. The average molecular weight is 1040 g/mol. The molecule has 0 bridgehead atoms. The van der Waals surface area contributed by atoms with E-state index in [0.717, 1.165) is 37.0 Å². The number of nitrogens with one attached hydrogen (secondary N) is 1. The van der Waals surface area contributed by atoms with Gasteiger partial charge in [0.1, 0.15) is 6.04 Å². The van der Waals surface area contributed by atoms with Gasteiger partial charge < -0.3 is 34.6 Å². The number of imide groups is 1. The number of carbonyl (C=O) groups excluding carboxylic acids is 7. The Balaban J connectivity index is 1.41. The van der Waals surface area contributed by atoms with E-state index in [9.17, 15) is 43.5 Å². The van der Waals surface area contributed by atoms with Gasteiger partial charge in [-0.1, -0.05) is 105 Å². The molecule has 2 heterocycles. The van der Waals surface area contributed by atoms with Crippen molar-refractivity contribution in [2.75, 3.05) is 47.2 Å². The van der Waals surface area contributed by atoms with Gasteiger partial charge in [0.05, 0.1) is 47.9 Å². The molecule has 1 unspecified atom stereocenters. The van der Waals surface area contributed by atoms with Crippen LogP contribution in [0.15, 0.2) is 30.3 Å². The van der Waals surface area contributed by atoms with E-state index < -0.39 is 60.1 Å². The molecule has 17 heteroatoms. The minimum Gasteiger partial charge on any atom is -0.480 e. The maximum Gasteiger partial charge on any atom is 0.326 e. The molecule has 6 amide bonds. The summed E-state index contributed by atoms with van der Waals surface area (Å²) in [5.74, 6) is -3.94. The lowest BCUT2D eigenvalue weighted by molar-refractivity contribution is -0.150. The number of ketones is 1. The minimum absolute atomic E-state index is 0.0499. The second-order valence-corrected chi connectivity index (χ2v) is 23.3. The standard InChI is InChI=1S/C56H89N5O11S/c1-13-15-28-73-45-32-48(65)60(54(45)68)27-21-17-20-24-46(63)58(9)49(36(5)6)43(62)30-40(35(3)4)53(67)59(10)50(37(7)14-2)44(71-11)31-47(64)61-34-56(25-26-56)33-42(61)51(72-12)38(8)52(66)57-41(55(69)70)29-39-22-18-16-19-23-39/h16,18-19,22-23,35-38,40-42,44-45,49-51H,13-15,17,20-21,24-34H2,1-12H3,(H,57,66)(H,69,70)/t37-,38+,40-,41-,42-,44+,45?,49-,50-,51+/m0/s1. The van der Waals surface area contributed by atoms with Crippen LogP contribution in [-0.2, 0) is 54.3 Å². The summed E-state index contributed by atoms with van der Waals surface area (Å²) >= 11 is 1.55. The molecule has 73 heavy (non-hydrogen) atoms. The first-order chi connectivity index (χ1) is 34.6. The number of thioether (sulfide) groups is 1. The molecule has 1 saturated carbocycles. The molecule has 410 valence electrons. The molecule has 4 rings (SSSR count). The van der Waals surface area contributed by atoms with Crippen LogP contribution >= 0.6 is 11.8 Å². The predicted molar refractivity (Wildman–Crippen MR) is 283 cm³/mol. The number of aliphatic carboxylic acids is 1. The number of carboxylic acid groups (broad SMARTS) is 1. The van der Waals surface area contributed by atoms with Gasteiger partial charge in [-0.3, -0.25) is 38.5 Å². The van der Waals surface area contributed by atoms with Crippen LogP contribution in [-0.4, -0.2) is 161 Å². The summed E-state index contributed by atoms with van der Waals surface area (Å²) in [6.45, 7) is 16.3. The summed E-state index contributed by atoms with van der Waals surface area (Å²) < 4.78 is 12.2. The van der Waals surface area contributed by atoms with Crippen LogP contribution < -0.4 is 5.32 Å². The number of likely N-dealkylation sites (N-methyl/N-ethyl adjacent to an activating group) is 2. The third kappa shape index (κ3) is 16.3. The summed E-state index contributed by atoms with van der Waals surface area (Å²) in [4.78, 5) is 115. The van der Waals surface area contributed by atoms with Crippen LogP contribution in [0, 0.1) is 35.0 Å². The number of hydrogen-bond acceptors (Lipinski definition) is 11. The fraction of sp³-hybridized carbons (Fsp3) is 0.750. The monoisotopic (exact) mass is 1040 g/mol. The fourth-order valence-corrected chi connectivity index (χ4v) is 12.4. The van der Waals surface area contributed by atoms with Crippen LogP contribution in [0.3, 0.4) is 0 Å². The first-order valence-corrected chi connectivity index (χ1v) is 28.0. The molecule has 3 fully saturated rings. The van der Waals surface area contributed by atoms with Crippen molar-refractivity contribution in [3.63, 3.8) is 0 Å².